The third-order valence-corrected chi connectivity index (χ3v) is 7.44. The van der Waals surface area contributed by atoms with Crippen molar-refractivity contribution in [3.63, 3.8) is 0 Å². The van der Waals surface area contributed by atoms with Gasteiger partial charge in [0.1, 0.15) is 0 Å². The van der Waals surface area contributed by atoms with E-state index in [9.17, 15) is 14.7 Å². The van der Waals surface area contributed by atoms with Gasteiger partial charge < -0.3 is 24.6 Å². The average molecular weight is 552 g/mol. The van der Waals surface area contributed by atoms with Crippen molar-refractivity contribution < 1.29 is 28.9 Å². The summed E-state index contributed by atoms with van der Waals surface area (Å²) in [6, 6.07) is 17.2. The Hall–Kier alpha value is -3.31. The lowest BCUT2D eigenvalue weighted by atomic mass is 9.91. The number of thioether (sulfide) groups is 1. The molecule has 1 aromatic heterocycles. The molecule has 9 nitrogen and oxygen atoms in total. The van der Waals surface area contributed by atoms with E-state index < -0.39 is 18.4 Å². The third kappa shape index (κ3) is 7.86. The number of aliphatic hydroxyl groups is 1. The number of benzene rings is 2. The fraction of sp³-hybridized carbons (Fsp3) is 0.379. The lowest BCUT2D eigenvalue weighted by Crippen LogP contribution is -2.38. The molecule has 5 atom stereocenters. The van der Waals surface area contributed by atoms with Gasteiger partial charge in [-0.05, 0) is 29.7 Å². The molecule has 2 aromatic carbocycles. The van der Waals surface area contributed by atoms with Gasteiger partial charge in [0.2, 0.25) is 0 Å². The number of aromatic nitrogens is 2. The van der Waals surface area contributed by atoms with Crippen molar-refractivity contribution in [2.75, 3.05) is 5.75 Å². The first-order valence-corrected chi connectivity index (χ1v) is 13.8. The van der Waals surface area contributed by atoms with Gasteiger partial charge in [-0.2, -0.15) is 0 Å². The van der Waals surface area contributed by atoms with Crippen molar-refractivity contribution in [1.29, 1.82) is 0 Å². The zero-order valence-electron chi connectivity index (χ0n) is 22.2. The van der Waals surface area contributed by atoms with E-state index in [0.717, 1.165) is 22.3 Å². The monoisotopic (exact) mass is 551 g/mol. The van der Waals surface area contributed by atoms with Crippen LogP contribution in [0.15, 0.2) is 72.1 Å². The van der Waals surface area contributed by atoms with Crippen LogP contribution in [-0.4, -0.2) is 44.9 Å². The fourth-order valence-electron chi connectivity index (χ4n) is 4.25. The number of aliphatic hydroxyl groups excluding tert-OH is 1. The van der Waals surface area contributed by atoms with Crippen LogP contribution in [-0.2, 0) is 37.0 Å². The summed E-state index contributed by atoms with van der Waals surface area (Å²) in [6.07, 6.45) is 1.63. The highest BCUT2D eigenvalue weighted by Crippen LogP contribution is 2.42. The third-order valence-electron chi connectivity index (χ3n) is 6.47. The molecule has 1 aliphatic rings. The largest absolute Gasteiger partial charge is 0.453 e. The van der Waals surface area contributed by atoms with Crippen LogP contribution >= 0.6 is 11.8 Å². The lowest BCUT2D eigenvalue weighted by Gasteiger charge is -2.41. The van der Waals surface area contributed by atoms with Crippen molar-refractivity contribution in [1.82, 2.24) is 15.3 Å². The molecule has 0 spiro atoms. The number of amides is 1. The van der Waals surface area contributed by atoms with Crippen LogP contribution in [0.1, 0.15) is 55.4 Å². The van der Waals surface area contributed by atoms with Crippen LogP contribution in [0.5, 0.6) is 0 Å². The molecule has 2 N–H and O–H groups in total. The summed E-state index contributed by atoms with van der Waals surface area (Å²) in [5.74, 6) is -0.161. The van der Waals surface area contributed by atoms with E-state index >= 15 is 0 Å². The second-order valence-corrected chi connectivity index (χ2v) is 10.4. The first kappa shape index (κ1) is 28.7. The number of hydrogen-bond acceptors (Lipinski definition) is 9. The SMILES string of the molecule is CC(=O)O[C@@H](C)C(=O)NCc1ccc([C@H]2O[C@@H](CSc3ncccn3)[C@@H](C)[C@@H](c3ccc(CO)cc3)O2)cc1. The Balaban J connectivity index is 1.47. The van der Waals surface area contributed by atoms with Crippen LogP contribution in [0.2, 0.25) is 0 Å². The van der Waals surface area contributed by atoms with E-state index in [4.69, 9.17) is 14.2 Å². The lowest BCUT2D eigenvalue weighted by molar-refractivity contribution is -0.268. The van der Waals surface area contributed by atoms with Crippen molar-refractivity contribution in [2.45, 2.75) is 63.7 Å². The minimum atomic E-state index is -0.854. The van der Waals surface area contributed by atoms with Gasteiger partial charge in [-0.25, -0.2) is 9.97 Å². The van der Waals surface area contributed by atoms with Gasteiger partial charge in [-0.3, -0.25) is 9.59 Å². The van der Waals surface area contributed by atoms with Crippen LogP contribution < -0.4 is 5.32 Å². The summed E-state index contributed by atoms with van der Waals surface area (Å²) >= 11 is 1.54. The maximum Gasteiger partial charge on any atom is 0.303 e. The van der Waals surface area contributed by atoms with Crippen molar-refractivity contribution >= 4 is 23.6 Å². The van der Waals surface area contributed by atoms with Crippen LogP contribution in [0, 0.1) is 5.92 Å². The smallest absolute Gasteiger partial charge is 0.303 e. The summed E-state index contributed by atoms with van der Waals surface area (Å²) in [7, 11) is 0. The van der Waals surface area contributed by atoms with Crippen LogP contribution in [0.25, 0.3) is 0 Å². The minimum Gasteiger partial charge on any atom is -0.453 e. The molecule has 39 heavy (non-hydrogen) atoms. The molecule has 1 saturated heterocycles. The Bertz CT molecular complexity index is 1230. The molecule has 1 fully saturated rings. The maximum absolute atomic E-state index is 12.2. The Morgan fingerprint density at radius 2 is 1.67 bits per heavy atom. The topological polar surface area (TPSA) is 120 Å². The number of nitrogens with one attached hydrogen (secondary N) is 1. The molecular weight excluding hydrogens is 518 g/mol. The second kappa shape index (κ2) is 13.7. The molecule has 206 valence electrons. The quantitative estimate of drug-likeness (QED) is 0.218. The number of esters is 1. The molecule has 0 saturated carbocycles. The maximum atomic E-state index is 12.2. The number of ether oxygens (including phenoxy) is 3. The highest BCUT2D eigenvalue weighted by molar-refractivity contribution is 7.99. The minimum absolute atomic E-state index is 0.0150. The van der Waals surface area contributed by atoms with Gasteiger partial charge in [-0.1, -0.05) is 67.2 Å². The molecule has 4 rings (SSSR count). The standard InChI is InChI=1S/C29H33N3O6S/c1-18-25(17-39-29-30-13-4-14-31-29)37-28(38-26(18)23-9-7-22(16-33)8-10-23)24-11-5-21(6-12-24)15-32-27(35)19(2)36-20(3)34/h4-14,18-19,25-26,28,33H,15-17H2,1-3H3,(H,32,35)/t18-,19+,25+,26+,28+/m1/s1. The highest BCUT2D eigenvalue weighted by atomic mass is 32.2. The van der Waals surface area contributed by atoms with Gasteiger partial charge in [0.15, 0.2) is 17.6 Å². The van der Waals surface area contributed by atoms with Crippen molar-refractivity contribution in [2.24, 2.45) is 5.92 Å². The summed E-state index contributed by atoms with van der Waals surface area (Å²) in [6.45, 7) is 5.20. The van der Waals surface area contributed by atoms with E-state index in [-0.39, 0.29) is 30.6 Å². The molecule has 0 aliphatic carbocycles. The van der Waals surface area contributed by atoms with Crippen molar-refractivity contribution in [3.8, 4) is 0 Å². The Morgan fingerprint density at radius 3 is 2.31 bits per heavy atom. The number of hydrogen-bond donors (Lipinski definition) is 2. The van der Waals surface area contributed by atoms with Gasteiger partial charge >= 0.3 is 5.97 Å². The zero-order valence-corrected chi connectivity index (χ0v) is 23.0. The first-order valence-electron chi connectivity index (χ1n) is 12.8. The highest BCUT2D eigenvalue weighted by Gasteiger charge is 2.38. The predicted octanol–water partition coefficient (Wildman–Crippen LogP) is 4.12. The second-order valence-electron chi connectivity index (χ2n) is 9.38. The van der Waals surface area contributed by atoms with Crippen molar-refractivity contribution in [3.05, 3.63) is 89.2 Å². The first-order chi connectivity index (χ1) is 18.8. The average Bonchev–Trinajstić information content (AvgIpc) is 2.96. The molecule has 0 bridgehead atoms. The molecule has 0 radical (unpaired) electrons. The van der Waals surface area contributed by atoms with E-state index in [1.807, 2.05) is 48.5 Å². The predicted molar refractivity (Wildman–Crippen MR) is 145 cm³/mol. The molecule has 0 unspecified atom stereocenters. The van der Waals surface area contributed by atoms with E-state index in [2.05, 4.69) is 22.2 Å². The summed E-state index contributed by atoms with van der Waals surface area (Å²) in [4.78, 5) is 31.9. The van der Waals surface area contributed by atoms with Crippen LogP contribution in [0.3, 0.4) is 0 Å². The van der Waals surface area contributed by atoms with Gasteiger partial charge in [0.25, 0.3) is 5.91 Å². The normalized spacial score (nSPS) is 21.6. The summed E-state index contributed by atoms with van der Waals surface area (Å²) < 4.78 is 17.9. The van der Waals surface area contributed by atoms with Gasteiger partial charge in [0, 0.05) is 43.1 Å². The number of rotatable bonds is 10. The fourth-order valence-corrected chi connectivity index (χ4v) is 5.22. The molecule has 10 heteroatoms. The molecule has 1 aliphatic heterocycles. The number of nitrogens with zero attached hydrogens (tertiary/aromatic N) is 2. The van der Waals surface area contributed by atoms with Crippen LogP contribution in [0.4, 0.5) is 0 Å². The molecule has 1 amide bonds. The molecule has 2 heterocycles. The van der Waals surface area contributed by atoms with Gasteiger partial charge in [-0.15, -0.1) is 0 Å². The van der Waals surface area contributed by atoms with E-state index in [1.165, 1.54) is 13.8 Å². The van der Waals surface area contributed by atoms with Gasteiger partial charge in [0.05, 0.1) is 18.8 Å². The Labute approximate surface area is 232 Å². The van der Waals surface area contributed by atoms with E-state index in [1.54, 1.807) is 30.2 Å². The molecule has 3 aromatic rings. The number of carbonyl (C=O) groups is 2. The zero-order chi connectivity index (χ0) is 27.8. The van der Waals surface area contributed by atoms with E-state index in [0.29, 0.717) is 17.5 Å². The molecular formula is C29H33N3O6S. The summed E-state index contributed by atoms with van der Waals surface area (Å²) in [5.41, 5.74) is 3.59. The Kier molecular flexibility index (Phi) is 10.0. The Morgan fingerprint density at radius 1 is 1.03 bits per heavy atom. The number of carbonyl (C=O) groups excluding carboxylic acids is 2. The summed E-state index contributed by atoms with van der Waals surface area (Å²) in [5, 5.41) is 12.9.